The lowest BCUT2D eigenvalue weighted by atomic mass is 10.0. The Labute approximate surface area is 158 Å². The van der Waals surface area contributed by atoms with Gasteiger partial charge >= 0.3 is 0 Å². The summed E-state index contributed by atoms with van der Waals surface area (Å²) in [6, 6.07) is 0. The number of hydrogen-bond acceptors (Lipinski definition) is 6. The fourth-order valence-corrected chi connectivity index (χ4v) is 4.39. The molecule has 2 aromatic rings. The number of rotatable bonds is 8. The standard InChI is InChI=1S/C19H27N3O3S/c1-4-24-9-5-7-20-19(23)17-12-26-18-11-22(8-6-15(17)18)10-16-13(2)21-25-14(16)3/h12H,4-11H2,1-3H3,(H,20,23). The lowest BCUT2D eigenvalue weighted by molar-refractivity contribution is 0.0943. The van der Waals surface area contributed by atoms with E-state index < -0.39 is 0 Å². The molecule has 1 aliphatic heterocycles. The normalized spacial score (nSPS) is 14.4. The summed E-state index contributed by atoms with van der Waals surface area (Å²) in [4.78, 5) is 16.1. The second-order valence-electron chi connectivity index (χ2n) is 6.62. The van der Waals surface area contributed by atoms with E-state index in [4.69, 9.17) is 9.26 Å². The summed E-state index contributed by atoms with van der Waals surface area (Å²) in [5, 5.41) is 9.05. The van der Waals surface area contributed by atoms with Gasteiger partial charge in [-0.2, -0.15) is 0 Å². The monoisotopic (exact) mass is 377 g/mol. The first-order chi connectivity index (χ1) is 12.6. The van der Waals surface area contributed by atoms with E-state index in [0.717, 1.165) is 56.1 Å². The van der Waals surface area contributed by atoms with Gasteiger partial charge in [-0.25, -0.2) is 0 Å². The van der Waals surface area contributed by atoms with E-state index in [9.17, 15) is 4.79 Å². The maximum Gasteiger partial charge on any atom is 0.252 e. The average molecular weight is 378 g/mol. The molecule has 3 heterocycles. The van der Waals surface area contributed by atoms with Gasteiger partial charge in [-0.1, -0.05) is 5.16 Å². The highest BCUT2D eigenvalue weighted by molar-refractivity contribution is 7.10. The quantitative estimate of drug-likeness (QED) is 0.716. The Bertz CT molecular complexity index is 734. The molecule has 0 aromatic carbocycles. The van der Waals surface area contributed by atoms with Gasteiger partial charge in [0.15, 0.2) is 0 Å². The minimum Gasteiger partial charge on any atom is -0.382 e. The number of nitrogens with one attached hydrogen (secondary N) is 1. The summed E-state index contributed by atoms with van der Waals surface area (Å²) >= 11 is 1.69. The average Bonchev–Trinajstić information content (AvgIpc) is 3.19. The molecule has 0 saturated carbocycles. The van der Waals surface area contributed by atoms with Crippen LogP contribution in [-0.2, 0) is 24.2 Å². The van der Waals surface area contributed by atoms with E-state index in [1.54, 1.807) is 11.3 Å². The molecule has 1 amide bonds. The number of carbonyl (C=O) groups excluding carboxylic acids is 1. The van der Waals surface area contributed by atoms with Gasteiger partial charge in [-0.3, -0.25) is 9.69 Å². The van der Waals surface area contributed by atoms with Crippen LogP contribution in [0.25, 0.3) is 0 Å². The van der Waals surface area contributed by atoms with Gasteiger partial charge in [0.05, 0.1) is 11.3 Å². The zero-order valence-electron chi connectivity index (χ0n) is 15.8. The summed E-state index contributed by atoms with van der Waals surface area (Å²) in [6.07, 6.45) is 1.75. The lowest BCUT2D eigenvalue weighted by Crippen LogP contribution is -2.31. The van der Waals surface area contributed by atoms with Crippen molar-refractivity contribution >= 4 is 17.2 Å². The zero-order chi connectivity index (χ0) is 18.5. The molecule has 6 nitrogen and oxygen atoms in total. The topological polar surface area (TPSA) is 67.6 Å². The number of carbonyl (C=O) groups is 1. The summed E-state index contributed by atoms with van der Waals surface area (Å²) < 4.78 is 10.6. The first-order valence-corrected chi connectivity index (χ1v) is 10.1. The zero-order valence-corrected chi connectivity index (χ0v) is 16.6. The minimum absolute atomic E-state index is 0.0400. The first-order valence-electron chi connectivity index (χ1n) is 9.19. The second kappa shape index (κ2) is 8.79. The third-order valence-corrected chi connectivity index (χ3v) is 5.80. The van der Waals surface area contributed by atoms with Crippen molar-refractivity contribution in [1.82, 2.24) is 15.4 Å². The van der Waals surface area contributed by atoms with E-state index in [2.05, 4.69) is 15.4 Å². The summed E-state index contributed by atoms with van der Waals surface area (Å²) in [6.45, 7) is 10.7. The molecule has 0 radical (unpaired) electrons. The van der Waals surface area contributed by atoms with Crippen molar-refractivity contribution < 1.29 is 14.1 Å². The van der Waals surface area contributed by atoms with E-state index in [1.165, 1.54) is 16.0 Å². The molecule has 0 unspecified atom stereocenters. The molecule has 1 N–H and O–H groups in total. The Hall–Kier alpha value is -1.70. The molecular weight excluding hydrogens is 350 g/mol. The maximum atomic E-state index is 12.5. The van der Waals surface area contributed by atoms with Crippen LogP contribution in [0, 0.1) is 13.8 Å². The van der Waals surface area contributed by atoms with Crippen molar-refractivity contribution in [3.05, 3.63) is 38.4 Å². The predicted octanol–water partition coefficient (Wildman–Crippen LogP) is 3.07. The molecule has 7 heteroatoms. The van der Waals surface area contributed by atoms with Gasteiger partial charge in [-0.15, -0.1) is 11.3 Å². The Morgan fingerprint density at radius 2 is 2.31 bits per heavy atom. The maximum absolute atomic E-state index is 12.5. The second-order valence-corrected chi connectivity index (χ2v) is 7.59. The van der Waals surface area contributed by atoms with Crippen LogP contribution in [0.3, 0.4) is 0 Å². The minimum atomic E-state index is 0.0400. The summed E-state index contributed by atoms with van der Waals surface area (Å²) in [5.74, 6) is 0.935. The number of ether oxygens (including phenoxy) is 1. The van der Waals surface area contributed by atoms with E-state index >= 15 is 0 Å². The van der Waals surface area contributed by atoms with Crippen molar-refractivity contribution in [2.45, 2.75) is 46.7 Å². The van der Waals surface area contributed by atoms with Crippen molar-refractivity contribution in [3.8, 4) is 0 Å². The van der Waals surface area contributed by atoms with Crippen LogP contribution >= 0.6 is 11.3 Å². The molecule has 0 spiro atoms. The molecule has 142 valence electrons. The molecule has 0 bridgehead atoms. The number of aromatic nitrogens is 1. The van der Waals surface area contributed by atoms with E-state index in [0.29, 0.717) is 13.2 Å². The Morgan fingerprint density at radius 1 is 1.46 bits per heavy atom. The number of aryl methyl sites for hydroxylation is 2. The highest BCUT2D eigenvalue weighted by atomic mass is 32.1. The van der Waals surface area contributed by atoms with Crippen molar-refractivity contribution in [2.75, 3.05) is 26.3 Å². The summed E-state index contributed by atoms with van der Waals surface area (Å²) in [7, 11) is 0. The molecular formula is C19H27N3O3S. The molecule has 3 rings (SSSR count). The van der Waals surface area contributed by atoms with Gasteiger partial charge in [0.25, 0.3) is 5.91 Å². The smallest absolute Gasteiger partial charge is 0.252 e. The van der Waals surface area contributed by atoms with Gasteiger partial charge in [0, 0.05) is 55.2 Å². The van der Waals surface area contributed by atoms with Crippen molar-refractivity contribution in [2.24, 2.45) is 0 Å². The van der Waals surface area contributed by atoms with Crippen LogP contribution in [0.4, 0.5) is 0 Å². The molecule has 0 atom stereocenters. The predicted molar refractivity (Wildman–Crippen MR) is 102 cm³/mol. The third kappa shape index (κ3) is 4.34. The number of thiophene rings is 1. The first kappa shape index (κ1) is 19.1. The van der Waals surface area contributed by atoms with Crippen LogP contribution in [0.1, 0.15) is 51.2 Å². The molecule has 0 aliphatic carbocycles. The van der Waals surface area contributed by atoms with Crippen molar-refractivity contribution in [1.29, 1.82) is 0 Å². The number of nitrogens with zero attached hydrogens (tertiary/aromatic N) is 2. The largest absolute Gasteiger partial charge is 0.382 e. The van der Waals surface area contributed by atoms with Crippen LogP contribution in [0.5, 0.6) is 0 Å². The fraction of sp³-hybridized carbons (Fsp3) is 0.579. The lowest BCUT2D eigenvalue weighted by Gasteiger charge is -2.27. The number of hydrogen-bond donors (Lipinski definition) is 1. The van der Waals surface area contributed by atoms with Gasteiger partial charge in [0.1, 0.15) is 5.76 Å². The van der Waals surface area contributed by atoms with Gasteiger partial charge < -0.3 is 14.6 Å². The number of amides is 1. The molecule has 0 saturated heterocycles. The van der Waals surface area contributed by atoms with Crippen LogP contribution in [0.15, 0.2) is 9.90 Å². The van der Waals surface area contributed by atoms with Crippen LogP contribution < -0.4 is 5.32 Å². The fourth-order valence-electron chi connectivity index (χ4n) is 3.27. The Kier molecular flexibility index (Phi) is 6.45. The van der Waals surface area contributed by atoms with Crippen LogP contribution in [-0.4, -0.2) is 42.3 Å². The molecule has 0 fully saturated rings. The van der Waals surface area contributed by atoms with Crippen molar-refractivity contribution in [3.63, 3.8) is 0 Å². The number of fused-ring (bicyclic) bond motifs is 1. The van der Waals surface area contributed by atoms with E-state index in [-0.39, 0.29) is 5.91 Å². The Morgan fingerprint density at radius 3 is 3.04 bits per heavy atom. The highest BCUT2D eigenvalue weighted by Crippen LogP contribution is 2.30. The highest BCUT2D eigenvalue weighted by Gasteiger charge is 2.25. The van der Waals surface area contributed by atoms with E-state index in [1.807, 2.05) is 26.2 Å². The third-order valence-electron chi connectivity index (χ3n) is 4.79. The van der Waals surface area contributed by atoms with Gasteiger partial charge in [0.2, 0.25) is 0 Å². The molecule has 1 aliphatic rings. The van der Waals surface area contributed by atoms with Gasteiger partial charge in [-0.05, 0) is 39.2 Å². The molecule has 26 heavy (non-hydrogen) atoms. The molecule has 2 aromatic heterocycles. The SMILES string of the molecule is CCOCCCNC(=O)c1csc2c1CCN(Cc1c(C)noc1C)C2. The Balaban J connectivity index is 1.57. The van der Waals surface area contributed by atoms with Crippen LogP contribution in [0.2, 0.25) is 0 Å². The summed E-state index contributed by atoms with van der Waals surface area (Å²) in [5.41, 5.74) is 4.20.